The minimum atomic E-state index is -0.317. The molecule has 6 heteroatoms. The number of imidazole rings is 1. The summed E-state index contributed by atoms with van der Waals surface area (Å²) >= 11 is 0. The van der Waals surface area contributed by atoms with E-state index in [2.05, 4.69) is 4.98 Å². The molecular formula is C15H19N3O3. The van der Waals surface area contributed by atoms with Crippen molar-refractivity contribution in [2.24, 2.45) is 0 Å². The number of H-pyrrole nitrogens is 1. The van der Waals surface area contributed by atoms with Crippen LogP contribution in [0.15, 0.2) is 41.3 Å². The van der Waals surface area contributed by atoms with Gasteiger partial charge in [0.25, 0.3) is 5.91 Å². The van der Waals surface area contributed by atoms with Crippen molar-refractivity contribution in [3.05, 3.63) is 58.3 Å². The Bertz CT molecular complexity index is 646. The Kier molecular flexibility index (Phi) is 4.94. The molecule has 2 rings (SSSR count). The van der Waals surface area contributed by atoms with Crippen LogP contribution in [0.5, 0.6) is 0 Å². The molecule has 0 radical (unpaired) electrons. The van der Waals surface area contributed by atoms with Crippen LogP contribution in [0.1, 0.15) is 23.0 Å². The summed E-state index contributed by atoms with van der Waals surface area (Å²) in [4.78, 5) is 28.4. The zero-order valence-corrected chi connectivity index (χ0v) is 12.0. The number of rotatable bonds is 6. The number of benzene rings is 1. The fourth-order valence-corrected chi connectivity index (χ4v) is 2.18. The second-order valence-corrected chi connectivity index (χ2v) is 4.66. The maximum absolute atomic E-state index is 12.4. The number of aliphatic hydroxyl groups is 1. The third-order valence-corrected chi connectivity index (χ3v) is 3.31. The summed E-state index contributed by atoms with van der Waals surface area (Å²) in [6.07, 6.45) is 1.42. The van der Waals surface area contributed by atoms with Gasteiger partial charge in [0, 0.05) is 19.3 Å². The van der Waals surface area contributed by atoms with Gasteiger partial charge in [-0.15, -0.1) is 0 Å². The van der Waals surface area contributed by atoms with Crippen molar-refractivity contribution in [2.75, 3.05) is 19.7 Å². The lowest BCUT2D eigenvalue weighted by Gasteiger charge is -2.20. The Labute approximate surface area is 122 Å². The minimum absolute atomic E-state index is 0.104. The van der Waals surface area contributed by atoms with E-state index in [0.717, 1.165) is 5.56 Å². The summed E-state index contributed by atoms with van der Waals surface area (Å²) in [5.74, 6) is -0.263. The quantitative estimate of drug-likeness (QED) is 0.821. The van der Waals surface area contributed by atoms with Crippen molar-refractivity contribution >= 4 is 5.91 Å². The number of nitrogens with one attached hydrogen (secondary N) is 1. The molecule has 0 atom stereocenters. The summed E-state index contributed by atoms with van der Waals surface area (Å²) in [7, 11) is 0. The number of aromatic nitrogens is 2. The second-order valence-electron chi connectivity index (χ2n) is 4.66. The van der Waals surface area contributed by atoms with Gasteiger partial charge in [0.1, 0.15) is 5.69 Å². The predicted octanol–water partition coefficient (Wildman–Crippen LogP) is 0.679. The van der Waals surface area contributed by atoms with Crippen molar-refractivity contribution in [3.8, 4) is 0 Å². The molecule has 1 aromatic carbocycles. The Hall–Kier alpha value is -2.34. The van der Waals surface area contributed by atoms with Gasteiger partial charge in [0.15, 0.2) is 0 Å². The second kappa shape index (κ2) is 6.90. The number of aliphatic hydroxyl groups excluding tert-OH is 1. The summed E-state index contributed by atoms with van der Waals surface area (Å²) in [6, 6.07) is 9.48. The van der Waals surface area contributed by atoms with Crippen molar-refractivity contribution in [3.63, 3.8) is 0 Å². The molecule has 0 aliphatic heterocycles. The van der Waals surface area contributed by atoms with Crippen LogP contribution < -0.4 is 5.69 Å². The van der Waals surface area contributed by atoms with E-state index in [-0.39, 0.29) is 24.7 Å². The molecule has 0 saturated heterocycles. The highest BCUT2D eigenvalue weighted by molar-refractivity contribution is 5.92. The number of carbonyl (C=O) groups is 1. The normalized spacial score (nSPS) is 10.6. The maximum atomic E-state index is 12.4. The average Bonchev–Trinajstić information content (AvgIpc) is 2.86. The Balaban J connectivity index is 2.29. The van der Waals surface area contributed by atoms with Crippen LogP contribution in [0.25, 0.3) is 0 Å². The molecule has 0 bridgehead atoms. The van der Waals surface area contributed by atoms with E-state index in [1.165, 1.54) is 15.7 Å². The predicted molar refractivity (Wildman–Crippen MR) is 79.3 cm³/mol. The third-order valence-electron chi connectivity index (χ3n) is 3.31. The summed E-state index contributed by atoms with van der Waals surface area (Å²) in [6.45, 7) is 2.79. The molecule has 1 aromatic heterocycles. The summed E-state index contributed by atoms with van der Waals surface area (Å²) in [5.41, 5.74) is 0.930. The van der Waals surface area contributed by atoms with Gasteiger partial charge >= 0.3 is 5.69 Å². The van der Waals surface area contributed by atoms with Crippen molar-refractivity contribution in [2.45, 2.75) is 13.5 Å². The largest absolute Gasteiger partial charge is 0.395 e. The van der Waals surface area contributed by atoms with E-state index in [0.29, 0.717) is 18.8 Å². The lowest BCUT2D eigenvalue weighted by Crippen LogP contribution is -2.35. The van der Waals surface area contributed by atoms with Crippen LogP contribution in [0.3, 0.4) is 0 Å². The van der Waals surface area contributed by atoms with Crippen molar-refractivity contribution in [1.29, 1.82) is 0 Å². The molecule has 1 heterocycles. The number of nitrogens with zero attached hydrogens (tertiary/aromatic N) is 2. The number of amides is 1. The molecule has 6 nitrogen and oxygen atoms in total. The fourth-order valence-electron chi connectivity index (χ4n) is 2.18. The molecule has 2 N–H and O–H groups in total. The molecule has 0 saturated carbocycles. The van der Waals surface area contributed by atoms with Crippen LogP contribution >= 0.6 is 0 Å². The molecule has 21 heavy (non-hydrogen) atoms. The van der Waals surface area contributed by atoms with Gasteiger partial charge in [-0.05, 0) is 12.5 Å². The van der Waals surface area contributed by atoms with Gasteiger partial charge < -0.3 is 15.0 Å². The van der Waals surface area contributed by atoms with E-state index >= 15 is 0 Å². The highest BCUT2D eigenvalue weighted by atomic mass is 16.3. The standard InChI is InChI=1S/C15H19N3O3/c1-2-17(8-9-19)14(20)13-10-16-15(21)18(13)11-12-6-4-3-5-7-12/h3-7,10,19H,2,8-9,11H2,1H3,(H,16,21). The molecule has 0 aliphatic rings. The third kappa shape index (κ3) is 3.41. The van der Waals surface area contributed by atoms with Gasteiger partial charge in [-0.2, -0.15) is 0 Å². The topological polar surface area (TPSA) is 78.3 Å². The molecule has 0 spiro atoms. The number of carbonyl (C=O) groups excluding carboxylic acids is 1. The van der Waals surface area contributed by atoms with E-state index < -0.39 is 0 Å². The molecule has 0 unspecified atom stereocenters. The lowest BCUT2D eigenvalue weighted by atomic mass is 10.2. The smallest absolute Gasteiger partial charge is 0.326 e. The summed E-state index contributed by atoms with van der Waals surface area (Å²) < 4.78 is 1.41. The molecule has 0 fully saturated rings. The number of hydrogen-bond donors (Lipinski definition) is 2. The monoisotopic (exact) mass is 289 g/mol. The first-order valence-electron chi connectivity index (χ1n) is 6.89. The van der Waals surface area contributed by atoms with Gasteiger partial charge in [-0.3, -0.25) is 9.36 Å². The number of likely N-dealkylation sites (N-methyl/N-ethyl adjacent to an activating group) is 1. The zero-order chi connectivity index (χ0) is 15.2. The van der Waals surface area contributed by atoms with Crippen molar-refractivity contribution < 1.29 is 9.90 Å². The SMILES string of the molecule is CCN(CCO)C(=O)c1c[nH]c(=O)n1Cc1ccccc1. The molecule has 1 amide bonds. The first-order valence-corrected chi connectivity index (χ1v) is 6.89. The number of aromatic amines is 1. The van der Waals surface area contributed by atoms with Crippen molar-refractivity contribution in [1.82, 2.24) is 14.5 Å². The van der Waals surface area contributed by atoms with E-state index in [9.17, 15) is 9.59 Å². The zero-order valence-electron chi connectivity index (χ0n) is 12.0. The Morgan fingerprint density at radius 2 is 2.05 bits per heavy atom. The molecule has 2 aromatic rings. The minimum Gasteiger partial charge on any atom is -0.395 e. The number of hydrogen-bond acceptors (Lipinski definition) is 3. The molecular weight excluding hydrogens is 270 g/mol. The highest BCUT2D eigenvalue weighted by Gasteiger charge is 2.19. The van der Waals surface area contributed by atoms with Gasteiger partial charge in [-0.25, -0.2) is 4.79 Å². The van der Waals surface area contributed by atoms with Crippen LogP contribution in [0, 0.1) is 0 Å². The lowest BCUT2D eigenvalue weighted by molar-refractivity contribution is 0.0721. The van der Waals surface area contributed by atoms with Crippen LogP contribution in [0.4, 0.5) is 0 Å². The average molecular weight is 289 g/mol. The first-order chi connectivity index (χ1) is 10.2. The summed E-state index contributed by atoms with van der Waals surface area (Å²) in [5, 5.41) is 9.00. The Morgan fingerprint density at radius 3 is 2.67 bits per heavy atom. The first kappa shape index (κ1) is 15.1. The maximum Gasteiger partial charge on any atom is 0.326 e. The van der Waals surface area contributed by atoms with E-state index in [1.807, 2.05) is 37.3 Å². The van der Waals surface area contributed by atoms with Gasteiger partial charge in [0.2, 0.25) is 0 Å². The van der Waals surface area contributed by atoms with Gasteiger partial charge in [-0.1, -0.05) is 30.3 Å². The van der Waals surface area contributed by atoms with E-state index in [4.69, 9.17) is 5.11 Å². The van der Waals surface area contributed by atoms with Gasteiger partial charge in [0.05, 0.1) is 13.2 Å². The highest BCUT2D eigenvalue weighted by Crippen LogP contribution is 2.06. The van der Waals surface area contributed by atoms with Crippen LogP contribution in [-0.4, -0.2) is 45.2 Å². The Morgan fingerprint density at radius 1 is 1.33 bits per heavy atom. The van der Waals surface area contributed by atoms with Crippen LogP contribution in [-0.2, 0) is 6.54 Å². The van der Waals surface area contributed by atoms with E-state index in [1.54, 1.807) is 0 Å². The van der Waals surface area contributed by atoms with Crippen LogP contribution in [0.2, 0.25) is 0 Å². The fraction of sp³-hybridized carbons (Fsp3) is 0.333. The molecule has 0 aliphatic carbocycles. The molecule has 112 valence electrons.